The number of para-hydroxylation sites is 1. The highest BCUT2D eigenvalue weighted by Crippen LogP contribution is 2.24. The monoisotopic (exact) mass is 496 g/mol. The first kappa shape index (κ1) is 23.0. The number of pyridine rings is 1. The second kappa shape index (κ2) is 9.38. The molecular weight excluding hydrogens is 480 g/mol. The fourth-order valence-corrected chi connectivity index (χ4v) is 4.55. The Balaban J connectivity index is 1.55. The van der Waals surface area contributed by atoms with E-state index in [1.54, 1.807) is 42.5 Å². The Bertz CT molecular complexity index is 1600. The Labute approximate surface area is 198 Å². The van der Waals surface area contributed by atoms with Gasteiger partial charge in [-0.1, -0.05) is 48.0 Å². The van der Waals surface area contributed by atoms with Gasteiger partial charge in [-0.15, -0.1) is 0 Å². The topological polar surface area (TPSA) is 141 Å². The predicted molar refractivity (Wildman–Crippen MR) is 130 cm³/mol. The molecule has 1 aromatic heterocycles. The van der Waals surface area contributed by atoms with E-state index in [2.05, 4.69) is 20.2 Å². The molecule has 11 heteroatoms. The van der Waals surface area contributed by atoms with Crippen LogP contribution in [0.2, 0.25) is 5.02 Å². The van der Waals surface area contributed by atoms with Crippen molar-refractivity contribution in [1.82, 2.24) is 10.4 Å². The standard InChI is InChI=1S/C23H17ClN4O5S/c24-19-10-3-4-11-20(19)28-34(32,33)15-7-5-6-14(12-15)21(29)27-25-13-18-16-8-1-2-9-17(16)22(30)26-23(18)31/h1-13,28H,(H,27,29)(H2,26,30,31)/b25-13+. The van der Waals surface area contributed by atoms with Gasteiger partial charge in [0.25, 0.3) is 21.5 Å². The Morgan fingerprint density at radius 1 is 1.00 bits per heavy atom. The number of nitrogens with zero attached hydrogens (tertiary/aromatic N) is 1. The Morgan fingerprint density at radius 2 is 1.71 bits per heavy atom. The number of hydrazone groups is 1. The highest BCUT2D eigenvalue weighted by molar-refractivity contribution is 7.92. The fraction of sp³-hybridized carbons (Fsp3) is 0. The van der Waals surface area contributed by atoms with Crippen LogP contribution in [0.15, 0.2) is 87.6 Å². The van der Waals surface area contributed by atoms with Crippen LogP contribution in [0.4, 0.5) is 5.69 Å². The number of hydrogen-bond donors (Lipinski definition) is 4. The van der Waals surface area contributed by atoms with Gasteiger partial charge in [0.1, 0.15) is 0 Å². The number of aromatic nitrogens is 1. The summed E-state index contributed by atoms with van der Waals surface area (Å²) in [6.45, 7) is 0. The maximum atomic E-state index is 12.7. The molecule has 34 heavy (non-hydrogen) atoms. The molecule has 0 atom stereocenters. The number of sulfonamides is 1. The molecular formula is C23H17ClN4O5S. The van der Waals surface area contributed by atoms with Crippen molar-refractivity contribution in [3.8, 4) is 5.88 Å². The van der Waals surface area contributed by atoms with Gasteiger partial charge in [-0.2, -0.15) is 5.10 Å². The van der Waals surface area contributed by atoms with Gasteiger partial charge >= 0.3 is 0 Å². The number of aromatic hydroxyl groups is 1. The van der Waals surface area contributed by atoms with Crippen LogP contribution in [0, 0.1) is 0 Å². The second-order valence-corrected chi connectivity index (χ2v) is 9.16. The number of amides is 1. The highest BCUT2D eigenvalue weighted by atomic mass is 35.5. The summed E-state index contributed by atoms with van der Waals surface area (Å²) in [5, 5.41) is 15.0. The van der Waals surface area contributed by atoms with Gasteiger partial charge in [0.2, 0.25) is 5.88 Å². The summed E-state index contributed by atoms with van der Waals surface area (Å²) in [5.74, 6) is -1.08. The number of anilines is 1. The van der Waals surface area contributed by atoms with Crippen LogP contribution < -0.4 is 15.7 Å². The number of carbonyl (C=O) groups excluding carboxylic acids is 1. The molecule has 0 fully saturated rings. The van der Waals surface area contributed by atoms with Crippen molar-refractivity contribution in [2.24, 2.45) is 5.10 Å². The van der Waals surface area contributed by atoms with Gasteiger partial charge in [-0.3, -0.25) is 19.3 Å². The van der Waals surface area contributed by atoms with Gasteiger partial charge in [0, 0.05) is 16.3 Å². The van der Waals surface area contributed by atoms with Crippen molar-refractivity contribution in [3.05, 3.63) is 99.3 Å². The molecule has 0 bridgehead atoms. The molecule has 3 aromatic carbocycles. The summed E-state index contributed by atoms with van der Waals surface area (Å²) in [4.78, 5) is 26.7. The average Bonchev–Trinajstić information content (AvgIpc) is 2.82. The Kier molecular flexibility index (Phi) is 6.35. The van der Waals surface area contributed by atoms with Crippen LogP contribution in [0.25, 0.3) is 10.8 Å². The summed E-state index contributed by atoms with van der Waals surface area (Å²) >= 11 is 6.02. The molecule has 0 radical (unpaired) electrons. The van der Waals surface area contributed by atoms with Crippen LogP contribution in [-0.2, 0) is 10.0 Å². The van der Waals surface area contributed by atoms with Crippen molar-refractivity contribution in [1.29, 1.82) is 0 Å². The summed E-state index contributed by atoms with van der Waals surface area (Å²) in [5.41, 5.74) is 2.27. The van der Waals surface area contributed by atoms with Gasteiger partial charge in [-0.25, -0.2) is 13.8 Å². The third-order valence-corrected chi connectivity index (χ3v) is 6.53. The fourth-order valence-electron chi connectivity index (χ4n) is 3.19. The smallest absolute Gasteiger partial charge is 0.271 e. The van der Waals surface area contributed by atoms with Gasteiger partial charge in [0.15, 0.2) is 0 Å². The van der Waals surface area contributed by atoms with Crippen LogP contribution in [-0.4, -0.2) is 30.6 Å². The molecule has 0 aliphatic carbocycles. The molecule has 0 saturated carbocycles. The number of H-pyrrole nitrogens is 1. The van der Waals surface area contributed by atoms with Crippen LogP contribution in [0.5, 0.6) is 5.88 Å². The minimum absolute atomic E-state index is 0.0368. The molecule has 0 spiro atoms. The maximum absolute atomic E-state index is 12.7. The second-order valence-electron chi connectivity index (χ2n) is 7.07. The summed E-state index contributed by atoms with van der Waals surface area (Å²) in [6.07, 6.45) is 1.19. The number of rotatable bonds is 6. The zero-order valence-corrected chi connectivity index (χ0v) is 18.9. The molecule has 0 saturated heterocycles. The lowest BCUT2D eigenvalue weighted by Gasteiger charge is -2.10. The molecule has 4 rings (SSSR count). The van der Waals surface area contributed by atoms with Crippen molar-refractivity contribution < 1.29 is 18.3 Å². The minimum Gasteiger partial charge on any atom is -0.494 e. The van der Waals surface area contributed by atoms with E-state index in [4.69, 9.17) is 11.6 Å². The SMILES string of the molecule is O=C(N/N=C/c1c(O)[nH]c(=O)c2ccccc12)c1cccc(S(=O)(=O)Nc2ccccc2Cl)c1. The van der Waals surface area contributed by atoms with E-state index in [0.29, 0.717) is 10.8 Å². The number of halogens is 1. The largest absolute Gasteiger partial charge is 0.494 e. The zero-order valence-electron chi connectivity index (χ0n) is 17.3. The maximum Gasteiger partial charge on any atom is 0.271 e. The minimum atomic E-state index is -4.01. The number of benzene rings is 3. The summed E-state index contributed by atoms with van der Waals surface area (Å²) < 4.78 is 27.8. The molecule has 4 N–H and O–H groups in total. The van der Waals surface area contributed by atoms with Gasteiger partial charge in [-0.05, 0) is 36.4 Å². The normalized spacial score (nSPS) is 11.6. The van der Waals surface area contributed by atoms with E-state index in [1.165, 1.54) is 36.5 Å². The van der Waals surface area contributed by atoms with E-state index < -0.39 is 27.4 Å². The number of hydrogen-bond acceptors (Lipinski definition) is 6. The van der Waals surface area contributed by atoms with Gasteiger partial charge in [0.05, 0.1) is 27.4 Å². The van der Waals surface area contributed by atoms with Crippen LogP contribution in [0.3, 0.4) is 0 Å². The molecule has 4 aromatic rings. The summed E-state index contributed by atoms with van der Waals surface area (Å²) in [7, 11) is -4.01. The first-order valence-electron chi connectivity index (χ1n) is 9.81. The predicted octanol–water partition coefficient (Wildman–Crippen LogP) is 3.45. The molecule has 0 aliphatic heterocycles. The number of aromatic amines is 1. The first-order valence-corrected chi connectivity index (χ1v) is 11.7. The first-order chi connectivity index (χ1) is 16.3. The van der Waals surface area contributed by atoms with E-state index in [-0.39, 0.29) is 26.7 Å². The highest BCUT2D eigenvalue weighted by Gasteiger charge is 2.18. The van der Waals surface area contributed by atoms with Crippen molar-refractivity contribution in [2.75, 3.05) is 4.72 Å². The lowest BCUT2D eigenvalue weighted by Crippen LogP contribution is -2.19. The molecule has 0 aliphatic rings. The Morgan fingerprint density at radius 3 is 2.47 bits per heavy atom. The lowest BCUT2D eigenvalue weighted by molar-refractivity contribution is 0.0955. The van der Waals surface area contributed by atoms with Crippen molar-refractivity contribution >= 4 is 50.2 Å². The molecule has 1 heterocycles. The lowest BCUT2D eigenvalue weighted by atomic mass is 10.1. The zero-order chi connectivity index (χ0) is 24.3. The van der Waals surface area contributed by atoms with E-state index in [1.807, 2.05) is 0 Å². The number of nitrogens with one attached hydrogen (secondary N) is 3. The van der Waals surface area contributed by atoms with Crippen LogP contribution in [0.1, 0.15) is 15.9 Å². The molecule has 172 valence electrons. The average molecular weight is 497 g/mol. The van der Waals surface area contributed by atoms with Gasteiger partial charge < -0.3 is 5.11 Å². The van der Waals surface area contributed by atoms with E-state index in [0.717, 1.165) is 0 Å². The molecule has 9 nitrogen and oxygen atoms in total. The molecule has 0 unspecified atom stereocenters. The number of carbonyl (C=O) groups is 1. The van der Waals surface area contributed by atoms with Crippen molar-refractivity contribution in [3.63, 3.8) is 0 Å². The Hall–Kier alpha value is -4.15. The summed E-state index contributed by atoms with van der Waals surface area (Å²) in [6, 6.07) is 18.3. The molecule has 1 amide bonds. The quantitative estimate of drug-likeness (QED) is 0.239. The van der Waals surface area contributed by atoms with Crippen LogP contribution >= 0.6 is 11.6 Å². The number of fused-ring (bicyclic) bond motifs is 1. The third-order valence-electron chi connectivity index (χ3n) is 4.83. The third kappa shape index (κ3) is 4.77. The van der Waals surface area contributed by atoms with E-state index >= 15 is 0 Å². The van der Waals surface area contributed by atoms with Crippen molar-refractivity contribution in [2.45, 2.75) is 4.90 Å². The van der Waals surface area contributed by atoms with E-state index in [9.17, 15) is 23.1 Å².